The number of halogens is 1. The quantitative estimate of drug-likeness (QED) is 0.844. The normalized spacial score (nSPS) is 19.6. The Kier molecular flexibility index (Phi) is 3.95. The van der Waals surface area contributed by atoms with Crippen molar-refractivity contribution >= 4 is 26.0 Å². The zero-order chi connectivity index (χ0) is 14.3. The molecule has 4 nitrogen and oxygen atoms in total. The number of sulfonamides is 1. The first-order valence-corrected chi connectivity index (χ1v) is 8.39. The number of hydrogen-bond donors (Lipinski definition) is 0. The SMILES string of the molecule is COc1ccc(S(=O)(=O)N2CCCC2(C)C)cc1Br. The van der Waals surface area contributed by atoms with Crippen molar-refractivity contribution in [3.8, 4) is 5.75 Å². The number of ether oxygens (including phenoxy) is 1. The predicted molar refractivity (Wildman–Crippen MR) is 77.9 cm³/mol. The zero-order valence-electron chi connectivity index (χ0n) is 11.3. The fourth-order valence-corrected chi connectivity index (χ4v) is 5.03. The molecular formula is C13H18BrNO3S. The molecule has 1 aliphatic rings. The minimum absolute atomic E-state index is 0.301. The number of rotatable bonds is 3. The average molecular weight is 348 g/mol. The van der Waals surface area contributed by atoms with Gasteiger partial charge in [-0.1, -0.05) is 0 Å². The van der Waals surface area contributed by atoms with Crippen LogP contribution in [0.25, 0.3) is 0 Å². The maximum absolute atomic E-state index is 12.7. The van der Waals surface area contributed by atoms with Gasteiger partial charge in [0.25, 0.3) is 0 Å². The van der Waals surface area contributed by atoms with Crippen molar-refractivity contribution in [3.63, 3.8) is 0 Å². The van der Waals surface area contributed by atoms with Gasteiger partial charge in [-0.3, -0.25) is 0 Å². The van der Waals surface area contributed by atoms with Crippen molar-refractivity contribution in [2.45, 2.75) is 37.1 Å². The highest BCUT2D eigenvalue weighted by atomic mass is 79.9. The lowest BCUT2D eigenvalue weighted by molar-refractivity contribution is 0.291. The summed E-state index contributed by atoms with van der Waals surface area (Å²) in [5.41, 5.74) is -0.314. The molecule has 2 rings (SSSR count). The summed E-state index contributed by atoms with van der Waals surface area (Å²) < 4.78 is 32.7. The predicted octanol–water partition coefficient (Wildman–Crippen LogP) is 3.02. The third-order valence-corrected chi connectivity index (χ3v) is 6.26. The Labute approximate surface area is 122 Å². The van der Waals surface area contributed by atoms with Gasteiger partial charge in [0.2, 0.25) is 10.0 Å². The Morgan fingerprint density at radius 1 is 1.37 bits per heavy atom. The second kappa shape index (κ2) is 5.07. The second-order valence-electron chi connectivity index (χ2n) is 5.29. The van der Waals surface area contributed by atoms with Crippen molar-refractivity contribution in [3.05, 3.63) is 22.7 Å². The van der Waals surface area contributed by atoms with Crippen LogP contribution in [0.4, 0.5) is 0 Å². The van der Waals surface area contributed by atoms with E-state index in [2.05, 4.69) is 15.9 Å². The molecule has 6 heteroatoms. The van der Waals surface area contributed by atoms with E-state index in [1.165, 1.54) is 0 Å². The molecule has 1 aliphatic heterocycles. The maximum Gasteiger partial charge on any atom is 0.243 e. The number of benzene rings is 1. The average Bonchev–Trinajstić information content (AvgIpc) is 2.69. The zero-order valence-corrected chi connectivity index (χ0v) is 13.7. The number of methoxy groups -OCH3 is 1. The summed E-state index contributed by atoms with van der Waals surface area (Å²) in [5, 5.41) is 0. The van der Waals surface area contributed by atoms with E-state index in [1.807, 2.05) is 13.8 Å². The number of hydrogen-bond acceptors (Lipinski definition) is 3. The van der Waals surface area contributed by atoms with E-state index in [0.29, 0.717) is 21.7 Å². The van der Waals surface area contributed by atoms with Crippen LogP contribution >= 0.6 is 15.9 Å². The van der Waals surface area contributed by atoms with E-state index in [1.54, 1.807) is 29.6 Å². The van der Waals surface area contributed by atoms with E-state index in [-0.39, 0.29) is 5.54 Å². The molecule has 1 aromatic carbocycles. The van der Waals surface area contributed by atoms with Crippen molar-refractivity contribution < 1.29 is 13.2 Å². The van der Waals surface area contributed by atoms with Crippen molar-refractivity contribution in [2.24, 2.45) is 0 Å². The van der Waals surface area contributed by atoms with E-state index >= 15 is 0 Å². The van der Waals surface area contributed by atoms with E-state index in [4.69, 9.17) is 4.74 Å². The van der Waals surface area contributed by atoms with Gasteiger partial charge in [-0.25, -0.2) is 8.42 Å². The summed E-state index contributed by atoms with van der Waals surface area (Å²) >= 11 is 3.33. The molecule has 1 aromatic rings. The molecule has 0 saturated carbocycles. The van der Waals surface area contributed by atoms with Crippen LogP contribution in [0.2, 0.25) is 0 Å². The molecule has 0 aromatic heterocycles. The van der Waals surface area contributed by atoms with Crippen LogP contribution in [0.1, 0.15) is 26.7 Å². The van der Waals surface area contributed by atoms with Crippen LogP contribution in [-0.2, 0) is 10.0 Å². The first kappa shape index (κ1) is 14.8. The molecule has 0 N–H and O–H groups in total. The van der Waals surface area contributed by atoms with Crippen molar-refractivity contribution in [1.29, 1.82) is 0 Å². The van der Waals surface area contributed by atoms with Crippen LogP contribution in [-0.4, -0.2) is 31.9 Å². The summed E-state index contributed by atoms with van der Waals surface area (Å²) in [6, 6.07) is 4.86. The van der Waals surface area contributed by atoms with Crippen LogP contribution in [0, 0.1) is 0 Å². The number of nitrogens with zero attached hydrogens (tertiary/aromatic N) is 1. The molecule has 0 bridgehead atoms. The molecule has 19 heavy (non-hydrogen) atoms. The van der Waals surface area contributed by atoms with Gasteiger partial charge in [-0.15, -0.1) is 0 Å². The van der Waals surface area contributed by atoms with E-state index in [9.17, 15) is 8.42 Å². The van der Waals surface area contributed by atoms with Gasteiger partial charge in [0.1, 0.15) is 5.75 Å². The minimum Gasteiger partial charge on any atom is -0.496 e. The van der Waals surface area contributed by atoms with Crippen LogP contribution < -0.4 is 4.74 Å². The van der Waals surface area contributed by atoms with E-state index in [0.717, 1.165) is 12.8 Å². The Morgan fingerprint density at radius 2 is 2.05 bits per heavy atom. The van der Waals surface area contributed by atoms with Gasteiger partial charge in [0.05, 0.1) is 16.5 Å². The van der Waals surface area contributed by atoms with Crippen LogP contribution in [0.3, 0.4) is 0 Å². The van der Waals surface area contributed by atoms with Crippen LogP contribution in [0.15, 0.2) is 27.6 Å². The first-order valence-electron chi connectivity index (χ1n) is 6.15. The standard InChI is InChI=1S/C13H18BrNO3S/c1-13(2)7-4-8-15(13)19(16,17)10-5-6-12(18-3)11(14)9-10/h5-6,9H,4,7-8H2,1-3H3. The second-order valence-corrected chi connectivity index (χ2v) is 8.01. The van der Waals surface area contributed by atoms with Gasteiger partial charge in [-0.05, 0) is 60.8 Å². The van der Waals surface area contributed by atoms with Gasteiger partial charge >= 0.3 is 0 Å². The Hall–Kier alpha value is -0.590. The highest BCUT2D eigenvalue weighted by Crippen LogP contribution is 2.35. The minimum atomic E-state index is -3.45. The highest BCUT2D eigenvalue weighted by Gasteiger charge is 2.40. The molecule has 0 radical (unpaired) electrons. The fourth-order valence-electron chi connectivity index (χ4n) is 2.46. The molecule has 0 spiro atoms. The molecule has 1 heterocycles. The molecule has 0 unspecified atom stereocenters. The third kappa shape index (κ3) is 2.66. The lowest BCUT2D eigenvalue weighted by atomic mass is 10.0. The summed E-state index contributed by atoms with van der Waals surface area (Å²) in [6.45, 7) is 4.52. The van der Waals surface area contributed by atoms with Gasteiger partial charge in [-0.2, -0.15) is 4.31 Å². The molecule has 1 fully saturated rings. The maximum atomic E-state index is 12.7. The Morgan fingerprint density at radius 3 is 2.53 bits per heavy atom. The summed E-state index contributed by atoms with van der Waals surface area (Å²) in [5.74, 6) is 0.625. The van der Waals surface area contributed by atoms with Gasteiger partial charge in [0.15, 0.2) is 0 Å². The summed E-state index contributed by atoms with van der Waals surface area (Å²) in [6.07, 6.45) is 1.80. The van der Waals surface area contributed by atoms with Crippen molar-refractivity contribution in [1.82, 2.24) is 4.31 Å². The molecule has 0 amide bonds. The topological polar surface area (TPSA) is 46.6 Å². The first-order chi connectivity index (χ1) is 8.79. The van der Waals surface area contributed by atoms with E-state index < -0.39 is 10.0 Å². The summed E-state index contributed by atoms with van der Waals surface area (Å²) in [4.78, 5) is 0.301. The highest BCUT2D eigenvalue weighted by molar-refractivity contribution is 9.10. The van der Waals surface area contributed by atoms with Gasteiger partial charge in [0, 0.05) is 12.1 Å². The largest absolute Gasteiger partial charge is 0.496 e. The van der Waals surface area contributed by atoms with Crippen molar-refractivity contribution in [2.75, 3.05) is 13.7 Å². The lowest BCUT2D eigenvalue weighted by Crippen LogP contribution is -2.42. The Balaban J connectivity index is 2.43. The molecule has 0 atom stereocenters. The fraction of sp³-hybridized carbons (Fsp3) is 0.538. The molecular weight excluding hydrogens is 330 g/mol. The molecule has 106 valence electrons. The smallest absolute Gasteiger partial charge is 0.243 e. The lowest BCUT2D eigenvalue weighted by Gasteiger charge is -2.30. The summed E-state index contributed by atoms with van der Waals surface area (Å²) in [7, 11) is -1.89. The van der Waals surface area contributed by atoms with Crippen LogP contribution in [0.5, 0.6) is 5.75 Å². The third-order valence-electron chi connectivity index (χ3n) is 3.54. The monoisotopic (exact) mass is 347 g/mol. The molecule has 1 saturated heterocycles. The molecule has 0 aliphatic carbocycles. The van der Waals surface area contributed by atoms with Gasteiger partial charge < -0.3 is 4.74 Å². The Bertz CT molecular complexity index is 584.